The minimum absolute atomic E-state index is 0.00574. The number of fused-ring (bicyclic) bond motifs is 2. The molecule has 0 saturated carbocycles. The average Bonchev–Trinajstić information content (AvgIpc) is 3.19. The zero-order chi connectivity index (χ0) is 19.7. The predicted octanol–water partition coefficient (Wildman–Crippen LogP) is 3.43. The van der Waals surface area contributed by atoms with E-state index in [9.17, 15) is 9.59 Å². The Labute approximate surface area is 165 Å². The topological polar surface area (TPSA) is 49.9 Å². The number of carbonyl (C=O) groups is 2. The second-order valence-corrected chi connectivity index (χ2v) is 7.24. The van der Waals surface area contributed by atoms with Crippen LogP contribution >= 0.6 is 0 Å². The molecule has 5 nitrogen and oxygen atoms in total. The van der Waals surface area contributed by atoms with Gasteiger partial charge in [0.1, 0.15) is 12.6 Å². The average molecular weight is 376 g/mol. The zero-order valence-corrected chi connectivity index (χ0v) is 16.0. The van der Waals surface area contributed by atoms with E-state index in [1.807, 2.05) is 59.5 Å². The summed E-state index contributed by atoms with van der Waals surface area (Å²) in [5, 5.41) is 0. The molecule has 2 aliphatic heterocycles. The van der Waals surface area contributed by atoms with Crippen LogP contribution in [0.2, 0.25) is 0 Å². The lowest BCUT2D eigenvalue weighted by atomic mass is 9.92. The Morgan fingerprint density at radius 3 is 2.64 bits per heavy atom. The van der Waals surface area contributed by atoms with E-state index in [0.717, 1.165) is 29.5 Å². The van der Waals surface area contributed by atoms with Gasteiger partial charge in [-0.15, -0.1) is 0 Å². The van der Waals surface area contributed by atoms with Gasteiger partial charge >= 0.3 is 0 Å². The molecule has 0 unspecified atom stereocenters. The molecule has 2 atom stereocenters. The molecule has 0 aromatic heterocycles. The number of amides is 2. The summed E-state index contributed by atoms with van der Waals surface area (Å²) in [5.74, 6) is -0.299. The van der Waals surface area contributed by atoms with Crippen molar-refractivity contribution in [2.75, 3.05) is 25.2 Å². The van der Waals surface area contributed by atoms with Gasteiger partial charge in [-0.2, -0.15) is 0 Å². The molecule has 2 aromatic rings. The molecule has 0 N–H and O–H groups in total. The number of ether oxygens (including phenoxy) is 1. The van der Waals surface area contributed by atoms with Gasteiger partial charge in [0.2, 0.25) is 0 Å². The molecule has 1 fully saturated rings. The fourth-order valence-electron chi connectivity index (χ4n) is 4.36. The minimum Gasteiger partial charge on any atom is -0.375 e. The molecular weight excluding hydrogens is 352 g/mol. The van der Waals surface area contributed by atoms with Gasteiger partial charge in [0.15, 0.2) is 0 Å². The summed E-state index contributed by atoms with van der Waals surface area (Å²) in [6, 6.07) is 16.4. The van der Waals surface area contributed by atoms with Crippen molar-refractivity contribution < 1.29 is 14.3 Å². The van der Waals surface area contributed by atoms with E-state index in [4.69, 9.17) is 4.74 Å². The third kappa shape index (κ3) is 3.02. The molecule has 0 bridgehead atoms. The van der Waals surface area contributed by atoms with E-state index < -0.39 is 6.04 Å². The van der Waals surface area contributed by atoms with E-state index in [1.54, 1.807) is 4.90 Å². The molecule has 28 heavy (non-hydrogen) atoms. The third-order valence-corrected chi connectivity index (χ3v) is 5.60. The lowest BCUT2D eigenvalue weighted by molar-refractivity contribution is -0.135. The highest BCUT2D eigenvalue weighted by atomic mass is 16.5. The van der Waals surface area contributed by atoms with Crippen LogP contribution in [0.15, 0.2) is 61.2 Å². The molecule has 2 heterocycles. The predicted molar refractivity (Wildman–Crippen MR) is 109 cm³/mol. The molecule has 2 aromatic carbocycles. The SMILES string of the molecule is C=C1c2ccccc2[C@H](N(C(=O)COC)c2ccccc2)C(=O)N2CCC[C@H]12. The molecule has 5 heteroatoms. The molecule has 2 amide bonds. The first-order valence-corrected chi connectivity index (χ1v) is 9.58. The van der Waals surface area contributed by atoms with Crippen molar-refractivity contribution in [2.45, 2.75) is 24.9 Å². The van der Waals surface area contributed by atoms with Crippen molar-refractivity contribution in [1.29, 1.82) is 0 Å². The second kappa shape index (κ2) is 7.60. The normalized spacial score (nSPS) is 21.1. The van der Waals surface area contributed by atoms with Crippen molar-refractivity contribution in [3.8, 4) is 0 Å². The van der Waals surface area contributed by atoms with E-state index in [1.165, 1.54) is 7.11 Å². The van der Waals surface area contributed by atoms with Crippen LogP contribution in [0, 0.1) is 0 Å². The first-order valence-electron chi connectivity index (χ1n) is 9.58. The van der Waals surface area contributed by atoms with Crippen LogP contribution in [0.25, 0.3) is 5.57 Å². The number of hydrogen-bond acceptors (Lipinski definition) is 3. The number of para-hydroxylation sites is 1. The standard InChI is InChI=1S/C23H24N2O3/c1-16-18-11-6-7-12-19(18)22(23(27)24-14-8-13-20(16)24)25(21(26)15-28-2)17-9-4-3-5-10-17/h3-7,9-12,20,22H,1,8,13-15H2,2H3/t20-,22+/m1/s1. The highest BCUT2D eigenvalue weighted by molar-refractivity contribution is 6.03. The summed E-state index contributed by atoms with van der Waals surface area (Å²) in [4.78, 5) is 30.3. The number of benzene rings is 2. The van der Waals surface area contributed by atoms with Gasteiger partial charge in [0.05, 0.1) is 6.04 Å². The smallest absolute Gasteiger partial charge is 0.253 e. The van der Waals surface area contributed by atoms with Crippen molar-refractivity contribution in [3.63, 3.8) is 0 Å². The minimum atomic E-state index is -0.735. The van der Waals surface area contributed by atoms with Crippen LogP contribution in [0.3, 0.4) is 0 Å². The first-order chi connectivity index (χ1) is 13.6. The molecule has 144 valence electrons. The van der Waals surface area contributed by atoms with Crippen molar-refractivity contribution in [1.82, 2.24) is 4.90 Å². The zero-order valence-electron chi connectivity index (χ0n) is 16.0. The number of hydrogen-bond donors (Lipinski definition) is 0. The summed E-state index contributed by atoms with van der Waals surface area (Å²) in [7, 11) is 1.49. The molecule has 4 rings (SSSR count). The number of rotatable bonds is 4. The largest absolute Gasteiger partial charge is 0.375 e. The maximum Gasteiger partial charge on any atom is 0.253 e. The number of anilines is 1. The first kappa shape index (κ1) is 18.4. The lowest BCUT2D eigenvalue weighted by Crippen LogP contribution is -2.47. The Kier molecular flexibility index (Phi) is 5.01. The van der Waals surface area contributed by atoms with Crippen molar-refractivity contribution >= 4 is 23.1 Å². The van der Waals surface area contributed by atoms with Crippen LogP contribution in [0.4, 0.5) is 5.69 Å². The van der Waals surface area contributed by atoms with Crippen LogP contribution in [0.1, 0.15) is 30.0 Å². The van der Waals surface area contributed by atoms with Gasteiger partial charge in [-0.25, -0.2) is 0 Å². The quantitative estimate of drug-likeness (QED) is 0.822. The Morgan fingerprint density at radius 2 is 1.89 bits per heavy atom. The molecular formula is C23H24N2O3. The number of nitrogens with zero attached hydrogens (tertiary/aromatic N) is 2. The van der Waals surface area contributed by atoms with Crippen LogP contribution in [0.5, 0.6) is 0 Å². The summed E-state index contributed by atoms with van der Waals surface area (Å²) in [6.07, 6.45) is 1.85. The maximum atomic E-state index is 13.7. The van der Waals surface area contributed by atoms with Crippen molar-refractivity contribution in [2.24, 2.45) is 0 Å². The highest BCUT2D eigenvalue weighted by Crippen LogP contribution is 2.41. The van der Waals surface area contributed by atoms with E-state index >= 15 is 0 Å². The Morgan fingerprint density at radius 1 is 1.18 bits per heavy atom. The van der Waals surface area contributed by atoms with Crippen LogP contribution < -0.4 is 4.90 Å². The summed E-state index contributed by atoms with van der Waals surface area (Å²) >= 11 is 0. The van der Waals surface area contributed by atoms with E-state index in [-0.39, 0.29) is 24.5 Å². The summed E-state index contributed by atoms with van der Waals surface area (Å²) in [5.41, 5.74) is 3.42. The molecule has 0 radical (unpaired) electrons. The fourth-order valence-corrected chi connectivity index (χ4v) is 4.36. The number of carbonyl (C=O) groups excluding carboxylic acids is 2. The molecule has 1 saturated heterocycles. The lowest BCUT2D eigenvalue weighted by Gasteiger charge is -2.33. The maximum absolute atomic E-state index is 13.7. The Bertz CT molecular complexity index is 909. The Balaban J connectivity index is 1.91. The van der Waals surface area contributed by atoms with Gasteiger partial charge in [0, 0.05) is 19.3 Å². The van der Waals surface area contributed by atoms with Crippen LogP contribution in [-0.4, -0.2) is 43.0 Å². The van der Waals surface area contributed by atoms with Gasteiger partial charge in [-0.1, -0.05) is 49.0 Å². The van der Waals surface area contributed by atoms with Gasteiger partial charge in [-0.3, -0.25) is 14.5 Å². The van der Waals surface area contributed by atoms with Crippen LogP contribution in [-0.2, 0) is 14.3 Å². The van der Waals surface area contributed by atoms with E-state index in [0.29, 0.717) is 12.2 Å². The Hall–Kier alpha value is -2.92. The highest BCUT2D eigenvalue weighted by Gasteiger charge is 2.44. The molecule has 0 aliphatic carbocycles. The van der Waals surface area contributed by atoms with Gasteiger partial charge in [0.25, 0.3) is 11.8 Å². The molecule has 0 spiro atoms. The monoisotopic (exact) mass is 376 g/mol. The van der Waals surface area contributed by atoms with Crippen molar-refractivity contribution in [3.05, 3.63) is 72.3 Å². The number of methoxy groups -OCH3 is 1. The molecule has 2 aliphatic rings. The summed E-state index contributed by atoms with van der Waals surface area (Å²) in [6.45, 7) is 4.91. The van der Waals surface area contributed by atoms with Gasteiger partial charge in [-0.05, 0) is 41.7 Å². The summed E-state index contributed by atoms with van der Waals surface area (Å²) < 4.78 is 5.13. The fraction of sp³-hybridized carbons (Fsp3) is 0.304. The second-order valence-electron chi connectivity index (χ2n) is 7.24. The van der Waals surface area contributed by atoms with Gasteiger partial charge < -0.3 is 9.64 Å². The third-order valence-electron chi connectivity index (χ3n) is 5.60. The van der Waals surface area contributed by atoms with E-state index in [2.05, 4.69) is 6.58 Å².